The normalized spacial score (nSPS) is 13.7. The molecule has 1 aromatic heterocycles. The second-order valence-electron chi connectivity index (χ2n) is 5.09. The molecule has 0 spiro atoms. The number of nitrogens with zero attached hydrogens (tertiary/aromatic N) is 2. The minimum atomic E-state index is -0.393. The molecule has 0 saturated heterocycles. The van der Waals surface area contributed by atoms with Crippen LogP contribution >= 0.6 is 0 Å². The van der Waals surface area contributed by atoms with Gasteiger partial charge in [0, 0.05) is 5.39 Å². The van der Waals surface area contributed by atoms with Crippen molar-refractivity contribution in [3.8, 4) is 0 Å². The van der Waals surface area contributed by atoms with Crippen LogP contribution in [0.3, 0.4) is 0 Å². The van der Waals surface area contributed by atoms with Crippen molar-refractivity contribution < 1.29 is 9.59 Å². The third-order valence-corrected chi connectivity index (χ3v) is 3.74. The number of anilines is 2. The molecular formula is C17H11N3O2. The van der Waals surface area contributed by atoms with Gasteiger partial charge in [0.25, 0.3) is 11.8 Å². The average Bonchev–Trinajstić information content (AvgIpc) is 2.79. The Morgan fingerprint density at radius 2 is 1.45 bits per heavy atom. The van der Waals surface area contributed by atoms with Crippen molar-refractivity contribution in [2.45, 2.75) is 0 Å². The molecule has 1 aliphatic rings. The zero-order chi connectivity index (χ0) is 15.3. The first-order chi connectivity index (χ1) is 10.7. The Kier molecular flexibility index (Phi) is 2.50. The lowest BCUT2D eigenvalue weighted by atomic mass is 10.1. The number of carbonyl (C=O) groups is 2. The molecule has 0 aliphatic carbocycles. The van der Waals surface area contributed by atoms with Crippen molar-refractivity contribution in [1.29, 1.82) is 0 Å². The second-order valence-corrected chi connectivity index (χ2v) is 5.09. The molecule has 2 N–H and O–H groups in total. The third-order valence-electron chi connectivity index (χ3n) is 3.74. The molecule has 2 aromatic carbocycles. The van der Waals surface area contributed by atoms with E-state index in [1.807, 2.05) is 24.3 Å². The van der Waals surface area contributed by atoms with Gasteiger partial charge in [-0.2, -0.15) is 0 Å². The Hall–Kier alpha value is -3.21. The van der Waals surface area contributed by atoms with Gasteiger partial charge in [-0.15, -0.1) is 0 Å². The highest BCUT2D eigenvalue weighted by atomic mass is 16.2. The summed E-state index contributed by atoms with van der Waals surface area (Å²) in [5.41, 5.74) is 7.75. The van der Waals surface area contributed by atoms with Gasteiger partial charge < -0.3 is 5.73 Å². The molecule has 106 valence electrons. The van der Waals surface area contributed by atoms with Crippen LogP contribution < -0.4 is 10.6 Å². The maximum absolute atomic E-state index is 12.5. The molecule has 0 unspecified atom stereocenters. The van der Waals surface area contributed by atoms with Crippen molar-refractivity contribution in [3.63, 3.8) is 0 Å². The lowest BCUT2D eigenvalue weighted by Crippen LogP contribution is -2.31. The number of aromatic nitrogens is 1. The minimum absolute atomic E-state index is 0.185. The largest absolute Gasteiger partial charge is 0.396 e. The highest BCUT2D eigenvalue weighted by molar-refractivity contribution is 6.34. The van der Waals surface area contributed by atoms with Gasteiger partial charge in [-0.3, -0.25) is 9.59 Å². The van der Waals surface area contributed by atoms with E-state index in [-0.39, 0.29) is 5.82 Å². The first kappa shape index (κ1) is 12.5. The maximum Gasteiger partial charge on any atom is 0.267 e. The summed E-state index contributed by atoms with van der Waals surface area (Å²) >= 11 is 0. The standard InChI is InChI=1S/C17H11N3O2/c18-13-9-10-5-1-4-8-14(10)19-15(13)20-16(21)11-6-2-3-7-12(11)17(20)22/h1-9H,18H2. The highest BCUT2D eigenvalue weighted by Crippen LogP contribution is 2.32. The van der Waals surface area contributed by atoms with Crippen molar-refractivity contribution in [2.24, 2.45) is 0 Å². The number of imide groups is 1. The molecule has 5 nitrogen and oxygen atoms in total. The van der Waals surface area contributed by atoms with E-state index in [0.717, 1.165) is 10.3 Å². The summed E-state index contributed by atoms with van der Waals surface area (Å²) in [5.74, 6) is -0.602. The van der Waals surface area contributed by atoms with Gasteiger partial charge in [0.1, 0.15) is 0 Å². The van der Waals surface area contributed by atoms with E-state index in [4.69, 9.17) is 5.73 Å². The number of hydrogen-bond acceptors (Lipinski definition) is 4. The van der Waals surface area contributed by atoms with Crippen LogP contribution in [0.5, 0.6) is 0 Å². The molecule has 1 aliphatic heterocycles. The molecule has 0 saturated carbocycles. The first-order valence-corrected chi connectivity index (χ1v) is 6.80. The number of fused-ring (bicyclic) bond motifs is 2. The maximum atomic E-state index is 12.5. The summed E-state index contributed by atoms with van der Waals surface area (Å²) in [6.45, 7) is 0. The van der Waals surface area contributed by atoms with E-state index >= 15 is 0 Å². The van der Waals surface area contributed by atoms with Gasteiger partial charge in [0.15, 0.2) is 5.82 Å². The fourth-order valence-electron chi connectivity index (χ4n) is 2.68. The lowest BCUT2D eigenvalue weighted by Gasteiger charge is -2.15. The number of para-hydroxylation sites is 1. The predicted molar refractivity (Wildman–Crippen MR) is 83.7 cm³/mol. The van der Waals surface area contributed by atoms with E-state index in [0.29, 0.717) is 22.3 Å². The van der Waals surface area contributed by atoms with Gasteiger partial charge in [-0.25, -0.2) is 9.88 Å². The Bertz CT molecular complexity index is 915. The van der Waals surface area contributed by atoms with Crippen molar-refractivity contribution in [1.82, 2.24) is 4.98 Å². The lowest BCUT2D eigenvalue weighted by molar-refractivity contribution is 0.0925. The number of pyridine rings is 1. The zero-order valence-corrected chi connectivity index (χ0v) is 11.5. The van der Waals surface area contributed by atoms with Crippen LogP contribution in [0, 0.1) is 0 Å². The van der Waals surface area contributed by atoms with Gasteiger partial charge in [0.2, 0.25) is 0 Å². The van der Waals surface area contributed by atoms with Crippen LogP contribution in [0.15, 0.2) is 54.6 Å². The number of nitrogens with two attached hydrogens (primary N) is 1. The van der Waals surface area contributed by atoms with E-state index < -0.39 is 11.8 Å². The summed E-state index contributed by atoms with van der Waals surface area (Å²) < 4.78 is 0. The number of hydrogen-bond donors (Lipinski definition) is 1. The zero-order valence-electron chi connectivity index (χ0n) is 11.5. The summed E-state index contributed by atoms with van der Waals surface area (Å²) in [6.07, 6.45) is 0. The SMILES string of the molecule is Nc1cc2ccccc2nc1N1C(=O)c2ccccc2C1=O. The Balaban J connectivity index is 1.92. The van der Waals surface area contributed by atoms with Gasteiger partial charge in [-0.05, 0) is 24.3 Å². The Labute approximate surface area is 126 Å². The summed E-state index contributed by atoms with van der Waals surface area (Å²) in [4.78, 5) is 30.5. The number of rotatable bonds is 1. The molecule has 5 heteroatoms. The number of carbonyl (C=O) groups excluding carboxylic acids is 2. The summed E-state index contributed by atoms with van der Waals surface area (Å²) in [5, 5.41) is 0.861. The number of benzene rings is 2. The van der Waals surface area contributed by atoms with E-state index in [2.05, 4.69) is 4.98 Å². The summed E-state index contributed by atoms with van der Waals surface area (Å²) in [7, 11) is 0. The molecule has 0 atom stereocenters. The minimum Gasteiger partial charge on any atom is -0.396 e. The van der Waals surface area contributed by atoms with Crippen LogP contribution in [0.1, 0.15) is 20.7 Å². The van der Waals surface area contributed by atoms with Crippen LogP contribution in [0.4, 0.5) is 11.5 Å². The Morgan fingerprint density at radius 1 is 0.864 bits per heavy atom. The molecule has 3 aromatic rings. The predicted octanol–water partition coefficient (Wildman–Crippen LogP) is 2.62. The fraction of sp³-hybridized carbons (Fsp3) is 0. The smallest absolute Gasteiger partial charge is 0.267 e. The molecule has 0 radical (unpaired) electrons. The third kappa shape index (κ3) is 1.62. The topological polar surface area (TPSA) is 76.3 Å². The van der Waals surface area contributed by atoms with Crippen molar-refractivity contribution in [3.05, 3.63) is 65.7 Å². The molecule has 0 fully saturated rings. The molecule has 22 heavy (non-hydrogen) atoms. The van der Waals surface area contributed by atoms with Crippen LogP contribution in [-0.4, -0.2) is 16.8 Å². The van der Waals surface area contributed by atoms with E-state index in [1.54, 1.807) is 30.3 Å². The molecule has 4 rings (SSSR count). The number of nitrogen functional groups attached to an aromatic ring is 1. The monoisotopic (exact) mass is 289 g/mol. The van der Waals surface area contributed by atoms with Gasteiger partial charge in [0.05, 0.1) is 22.3 Å². The fourth-order valence-corrected chi connectivity index (χ4v) is 2.68. The molecule has 2 heterocycles. The Morgan fingerprint density at radius 3 is 2.14 bits per heavy atom. The quantitative estimate of drug-likeness (QED) is 0.699. The van der Waals surface area contributed by atoms with Gasteiger partial charge >= 0.3 is 0 Å². The highest BCUT2D eigenvalue weighted by Gasteiger charge is 2.38. The van der Waals surface area contributed by atoms with E-state index in [9.17, 15) is 9.59 Å². The second kappa shape index (κ2) is 4.39. The van der Waals surface area contributed by atoms with Gasteiger partial charge in [-0.1, -0.05) is 30.3 Å². The van der Waals surface area contributed by atoms with Crippen LogP contribution in [0.25, 0.3) is 10.9 Å². The molecule has 0 bridgehead atoms. The first-order valence-electron chi connectivity index (χ1n) is 6.80. The molecular weight excluding hydrogens is 278 g/mol. The average molecular weight is 289 g/mol. The van der Waals surface area contributed by atoms with Crippen molar-refractivity contribution in [2.75, 3.05) is 10.6 Å². The van der Waals surface area contributed by atoms with E-state index in [1.165, 1.54) is 0 Å². The van der Waals surface area contributed by atoms with Crippen LogP contribution in [-0.2, 0) is 0 Å². The molecule has 2 amide bonds. The van der Waals surface area contributed by atoms with Crippen LogP contribution in [0.2, 0.25) is 0 Å². The number of amides is 2. The van der Waals surface area contributed by atoms with Crippen molar-refractivity contribution >= 4 is 34.2 Å². The summed E-state index contributed by atoms with van der Waals surface area (Å²) in [6, 6.07) is 15.9.